The van der Waals surface area contributed by atoms with Gasteiger partial charge in [0.25, 0.3) is 0 Å². The average Bonchev–Trinajstić information content (AvgIpc) is 4.18. The van der Waals surface area contributed by atoms with E-state index in [1.54, 1.807) is 0 Å². The van der Waals surface area contributed by atoms with E-state index in [1.165, 1.54) is 109 Å². The highest BCUT2D eigenvalue weighted by Crippen LogP contribution is 2.63. The van der Waals surface area contributed by atoms with Gasteiger partial charge in [0.15, 0.2) is 5.58 Å². The summed E-state index contributed by atoms with van der Waals surface area (Å²) in [5.41, 5.74) is 24.6. The van der Waals surface area contributed by atoms with Gasteiger partial charge in [-0.1, -0.05) is 171 Å². The monoisotopic (exact) mass is 868 g/mol. The molecule has 0 bridgehead atoms. The highest BCUT2D eigenvalue weighted by molar-refractivity contribution is 6.19. The van der Waals surface area contributed by atoms with Crippen LogP contribution in [-0.4, -0.2) is 4.57 Å². The molecule has 0 saturated heterocycles. The first-order valence-electron chi connectivity index (χ1n) is 24.1. The van der Waals surface area contributed by atoms with Gasteiger partial charge in [-0.25, -0.2) is 0 Å². The van der Waals surface area contributed by atoms with E-state index in [0.717, 1.165) is 50.1 Å². The number of hydrogen-bond donors (Lipinski definition) is 0. The molecular weight excluding hydrogens is 825 g/mol. The van der Waals surface area contributed by atoms with E-state index in [4.69, 9.17) is 4.42 Å². The molecule has 2 aromatic heterocycles. The van der Waals surface area contributed by atoms with Gasteiger partial charge >= 0.3 is 0 Å². The van der Waals surface area contributed by atoms with Gasteiger partial charge in [-0.3, -0.25) is 0 Å². The summed E-state index contributed by atoms with van der Waals surface area (Å²) in [7, 11) is 0. The van der Waals surface area contributed by atoms with E-state index in [9.17, 15) is 0 Å². The van der Waals surface area contributed by atoms with E-state index in [-0.39, 0.29) is 5.41 Å². The molecule has 1 fully saturated rings. The molecule has 15 rings (SSSR count). The minimum Gasteiger partial charge on any atom is -0.454 e. The number of furan rings is 1. The number of rotatable bonds is 6. The van der Waals surface area contributed by atoms with Crippen molar-refractivity contribution in [2.45, 2.75) is 31.1 Å². The highest BCUT2D eigenvalue weighted by atomic mass is 16.3. The predicted molar refractivity (Wildman–Crippen MR) is 283 cm³/mol. The van der Waals surface area contributed by atoms with Crippen molar-refractivity contribution in [2.75, 3.05) is 4.90 Å². The van der Waals surface area contributed by atoms with Crippen molar-refractivity contribution in [1.82, 2.24) is 4.57 Å². The van der Waals surface area contributed by atoms with Gasteiger partial charge < -0.3 is 13.9 Å². The lowest BCUT2D eigenvalue weighted by Crippen LogP contribution is -2.20. The van der Waals surface area contributed by atoms with Gasteiger partial charge in [0.2, 0.25) is 0 Å². The summed E-state index contributed by atoms with van der Waals surface area (Å²) in [5, 5.41) is 4.90. The Morgan fingerprint density at radius 2 is 1.04 bits per heavy atom. The number of anilines is 3. The third-order valence-electron chi connectivity index (χ3n) is 15.6. The van der Waals surface area contributed by atoms with Crippen LogP contribution in [0.5, 0.6) is 0 Å². The Bertz CT molecular complexity index is 4030. The van der Waals surface area contributed by atoms with E-state index < -0.39 is 0 Å². The van der Waals surface area contributed by atoms with E-state index in [0.29, 0.717) is 0 Å². The molecule has 3 heterocycles. The quantitative estimate of drug-likeness (QED) is 0.166. The van der Waals surface area contributed by atoms with Crippen molar-refractivity contribution in [3.05, 3.63) is 230 Å². The molecule has 0 N–H and O–H groups in total. The summed E-state index contributed by atoms with van der Waals surface area (Å²) < 4.78 is 9.28. The number of nitrogens with zero attached hydrogens (tertiary/aromatic N) is 2. The van der Waals surface area contributed by atoms with Crippen LogP contribution >= 0.6 is 0 Å². The zero-order valence-electron chi connectivity index (χ0n) is 37.4. The van der Waals surface area contributed by atoms with Gasteiger partial charge in [0.1, 0.15) is 5.58 Å². The molecule has 3 aliphatic rings. The molecule has 0 amide bonds. The lowest BCUT2D eigenvalue weighted by Gasteiger charge is -2.28. The molecule has 0 atom stereocenters. The van der Waals surface area contributed by atoms with Crippen molar-refractivity contribution in [2.24, 2.45) is 0 Å². The van der Waals surface area contributed by atoms with Crippen molar-refractivity contribution in [1.29, 1.82) is 0 Å². The minimum atomic E-state index is 0.0246. The van der Waals surface area contributed by atoms with E-state index in [1.807, 2.05) is 6.07 Å². The molecule has 12 aromatic rings. The summed E-state index contributed by atoms with van der Waals surface area (Å²) in [4.78, 5) is 2.36. The zero-order chi connectivity index (χ0) is 44.5. The first-order valence-corrected chi connectivity index (χ1v) is 24.1. The van der Waals surface area contributed by atoms with Crippen LogP contribution in [0.3, 0.4) is 0 Å². The van der Waals surface area contributed by atoms with Crippen LogP contribution in [0, 0.1) is 0 Å². The zero-order valence-corrected chi connectivity index (χ0v) is 37.4. The summed E-state index contributed by atoms with van der Waals surface area (Å²) in [6, 6.07) is 80.7. The van der Waals surface area contributed by atoms with Crippen LogP contribution in [0.25, 0.3) is 105 Å². The molecule has 1 saturated carbocycles. The normalized spacial score (nSPS) is 14.1. The molecular formula is C65H44N2O. The summed E-state index contributed by atoms with van der Waals surface area (Å²) in [6.07, 6.45) is 4.90. The standard InChI is InChI=1S/C65H44N2O/c1-2-15-41(16-3-1)44-17-12-19-47(37-44)66(59-27-14-24-53-51-23-6-9-28-60(51)68-64(53)59)48-20-13-18-45(38-48)42-29-31-43(32-30-42)46-39-54-50-22-5-8-26-58(50)67-57-25-7-4-21-49(57)52-33-34-55-62(63(52)67)61(54)56(40-46)65(55)35-10-11-36-65/h1-9,12-34,37-40H,10-11,35-36H2. The minimum absolute atomic E-state index is 0.0246. The molecule has 2 aliphatic carbocycles. The van der Waals surface area contributed by atoms with E-state index >= 15 is 0 Å². The summed E-state index contributed by atoms with van der Waals surface area (Å²) in [6.45, 7) is 0. The summed E-state index contributed by atoms with van der Waals surface area (Å²) in [5.74, 6) is 0. The number of fused-ring (bicyclic) bond motifs is 11. The topological polar surface area (TPSA) is 21.3 Å². The second kappa shape index (κ2) is 14.3. The number of aromatic nitrogens is 1. The van der Waals surface area contributed by atoms with Crippen molar-refractivity contribution in [3.8, 4) is 61.3 Å². The Morgan fingerprint density at radius 1 is 0.412 bits per heavy atom. The Hall–Kier alpha value is -8.40. The molecule has 1 aliphatic heterocycles. The van der Waals surface area contributed by atoms with Crippen molar-refractivity contribution < 1.29 is 4.42 Å². The maximum absolute atomic E-state index is 6.70. The van der Waals surface area contributed by atoms with Crippen molar-refractivity contribution >= 4 is 60.8 Å². The van der Waals surface area contributed by atoms with Gasteiger partial charge in [-0.2, -0.15) is 0 Å². The van der Waals surface area contributed by atoms with Crippen LogP contribution in [0.1, 0.15) is 36.8 Å². The first-order chi connectivity index (χ1) is 33.7. The fraction of sp³-hybridized carbons (Fsp3) is 0.0769. The molecule has 320 valence electrons. The predicted octanol–water partition coefficient (Wildman–Crippen LogP) is 18.0. The number of hydrogen-bond acceptors (Lipinski definition) is 2. The fourth-order valence-corrected chi connectivity index (χ4v) is 12.7. The first kappa shape index (κ1) is 37.8. The second-order valence-electron chi connectivity index (χ2n) is 19.1. The van der Waals surface area contributed by atoms with Crippen LogP contribution in [0.15, 0.2) is 223 Å². The molecule has 68 heavy (non-hydrogen) atoms. The summed E-state index contributed by atoms with van der Waals surface area (Å²) >= 11 is 0. The third-order valence-corrected chi connectivity index (χ3v) is 15.6. The lowest BCUT2D eigenvalue weighted by atomic mass is 9.75. The number of benzene rings is 10. The fourth-order valence-electron chi connectivity index (χ4n) is 12.7. The average molecular weight is 869 g/mol. The third kappa shape index (κ3) is 5.30. The van der Waals surface area contributed by atoms with Crippen LogP contribution in [0.4, 0.5) is 17.1 Å². The Balaban J connectivity index is 0.870. The van der Waals surface area contributed by atoms with Crippen LogP contribution < -0.4 is 4.90 Å². The van der Waals surface area contributed by atoms with Gasteiger partial charge in [-0.05, 0) is 129 Å². The Labute approximate surface area is 394 Å². The Morgan fingerprint density at radius 3 is 1.84 bits per heavy atom. The lowest BCUT2D eigenvalue weighted by molar-refractivity contribution is 0.550. The van der Waals surface area contributed by atoms with Crippen LogP contribution in [-0.2, 0) is 5.41 Å². The molecule has 1 spiro atoms. The van der Waals surface area contributed by atoms with Gasteiger partial charge in [0.05, 0.1) is 22.4 Å². The highest BCUT2D eigenvalue weighted by Gasteiger charge is 2.48. The maximum Gasteiger partial charge on any atom is 0.159 e. The smallest absolute Gasteiger partial charge is 0.159 e. The Kier molecular flexibility index (Phi) is 7.95. The molecule has 0 radical (unpaired) electrons. The molecule has 0 unspecified atom stereocenters. The second-order valence-corrected chi connectivity index (χ2v) is 19.1. The SMILES string of the molecule is c1ccc(-c2cccc(N(c3cccc(-c4ccc(-c5cc6c7c(c5)C5(CCCC5)c5ccc8c9ccccc9n(c8c5-7)-c5ccccc5-6)cc4)c3)c3cccc4c3oc3ccccc34)c2)cc1. The molecule has 3 nitrogen and oxygen atoms in total. The molecule has 3 heteroatoms. The van der Waals surface area contributed by atoms with E-state index in [2.05, 4.69) is 222 Å². The van der Waals surface area contributed by atoms with Crippen LogP contribution in [0.2, 0.25) is 0 Å². The number of para-hydroxylation sites is 4. The largest absolute Gasteiger partial charge is 0.454 e. The maximum atomic E-state index is 6.70. The van der Waals surface area contributed by atoms with Gasteiger partial charge in [-0.15, -0.1) is 0 Å². The van der Waals surface area contributed by atoms with Crippen molar-refractivity contribution in [3.63, 3.8) is 0 Å². The van der Waals surface area contributed by atoms with Gasteiger partial charge in [0, 0.05) is 49.5 Å². The molecule has 10 aromatic carbocycles.